The van der Waals surface area contributed by atoms with Gasteiger partial charge in [0, 0.05) is 5.56 Å². The van der Waals surface area contributed by atoms with Crippen molar-refractivity contribution in [3.63, 3.8) is 0 Å². The number of aliphatic hydroxyl groups is 1. The predicted octanol–water partition coefficient (Wildman–Crippen LogP) is 0.463. The molecule has 1 aromatic rings. The molecule has 1 amide bonds. The zero-order chi connectivity index (χ0) is 14.1. The lowest BCUT2D eigenvalue weighted by Gasteiger charge is -2.20. The largest absolute Gasteiger partial charge is 0.478 e. The van der Waals surface area contributed by atoms with E-state index in [0.717, 1.165) is 0 Å². The minimum Gasteiger partial charge on any atom is -0.478 e. The first-order valence-corrected chi connectivity index (χ1v) is 4.53. The van der Waals surface area contributed by atoms with Crippen molar-refractivity contribution in [1.82, 2.24) is 0 Å². The number of benzene rings is 1. The maximum Gasteiger partial charge on any atom is 0.416 e. The van der Waals surface area contributed by atoms with Crippen molar-refractivity contribution < 1.29 is 33.0 Å². The molecule has 0 aliphatic rings. The lowest BCUT2D eigenvalue weighted by atomic mass is 9.92. The van der Waals surface area contributed by atoms with Gasteiger partial charge in [0.1, 0.15) is 0 Å². The third-order valence-electron chi connectivity index (χ3n) is 2.30. The van der Waals surface area contributed by atoms with Gasteiger partial charge in [-0.25, -0.2) is 4.79 Å². The van der Waals surface area contributed by atoms with E-state index >= 15 is 0 Å². The van der Waals surface area contributed by atoms with Crippen LogP contribution in [-0.4, -0.2) is 22.1 Å². The van der Waals surface area contributed by atoms with Crippen LogP contribution >= 0.6 is 0 Å². The monoisotopic (exact) mass is 263 g/mol. The van der Waals surface area contributed by atoms with Crippen molar-refractivity contribution in [2.75, 3.05) is 0 Å². The normalized spacial score (nSPS) is 14.9. The number of alkyl halides is 3. The van der Waals surface area contributed by atoms with Crippen LogP contribution in [0.4, 0.5) is 13.2 Å². The summed E-state index contributed by atoms with van der Waals surface area (Å²) < 4.78 is 36.8. The summed E-state index contributed by atoms with van der Waals surface area (Å²) in [4.78, 5) is 21.7. The number of carbonyl (C=O) groups excluding carboxylic acids is 1. The molecular formula is C10H8F3NO4. The van der Waals surface area contributed by atoms with Crippen molar-refractivity contribution >= 4 is 11.9 Å². The van der Waals surface area contributed by atoms with Crippen LogP contribution in [0.25, 0.3) is 0 Å². The molecule has 1 rings (SSSR count). The number of hydrogen-bond acceptors (Lipinski definition) is 3. The van der Waals surface area contributed by atoms with E-state index in [9.17, 15) is 27.9 Å². The number of aliphatic carboxylic acids is 1. The summed E-state index contributed by atoms with van der Waals surface area (Å²) in [6.45, 7) is 0. The molecule has 0 spiro atoms. The average Bonchev–Trinajstić information content (AvgIpc) is 2.26. The molecule has 0 bridgehead atoms. The quantitative estimate of drug-likeness (QED) is 0.690. The van der Waals surface area contributed by atoms with Crippen LogP contribution in [0, 0.1) is 0 Å². The van der Waals surface area contributed by atoms with E-state index in [1.807, 2.05) is 0 Å². The van der Waals surface area contributed by atoms with Gasteiger partial charge in [0.15, 0.2) is 0 Å². The first kappa shape index (κ1) is 14.0. The molecule has 4 N–H and O–H groups in total. The molecule has 0 heterocycles. The summed E-state index contributed by atoms with van der Waals surface area (Å²) in [5.41, 5.74) is 0.100. The molecule has 0 saturated carbocycles. The third kappa shape index (κ3) is 2.28. The van der Waals surface area contributed by atoms with E-state index in [-0.39, 0.29) is 0 Å². The molecule has 0 aliphatic carbocycles. The van der Waals surface area contributed by atoms with Crippen LogP contribution in [0.3, 0.4) is 0 Å². The zero-order valence-electron chi connectivity index (χ0n) is 8.73. The van der Waals surface area contributed by atoms with E-state index in [2.05, 4.69) is 0 Å². The molecule has 1 atom stereocenters. The number of carbonyl (C=O) groups is 2. The molecular weight excluding hydrogens is 255 g/mol. The van der Waals surface area contributed by atoms with Gasteiger partial charge in [-0.1, -0.05) is 12.1 Å². The molecule has 0 saturated heterocycles. The number of rotatable bonds is 3. The second-order valence-electron chi connectivity index (χ2n) is 3.45. The third-order valence-corrected chi connectivity index (χ3v) is 2.30. The first-order valence-electron chi connectivity index (χ1n) is 4.53. The Morgan fingerprint density at radius 1 is 1.06 bits per heavy atom. The van der Waals surface area contributed by atoms with Crippen LogP contribution < -0.4 is 5.73 Å². The standard InChI is InChI=1S/C10H8F3NO4/c11-10(12,13)6-3-1-5(2-4-6)9(18,7(14)15)8(16)17/h1-4,18H,(H2,14,15)(H,16,17). The van der Waals surface area contributed by atoms with Gasteiger partial charge in [0.25, 0.3) is 11.5 Å². The second-order valence-corrected chi connectivity index (χ2v) is 3.45. The number of primary amides is 1. The van der Waals surface area contributed by atoms with E-state index in [1.54, 1.807) is 0 Å². The Kier molecular flexibility index (Phi) is 3.34. The first-order chi connectivity index (χ1) is 8.10. The zero-order valence-corrected chi connectivity index (χ0v) is 8.73. The maximum absolute atomic E-state index is 12.3. The summed E-state index contributed by atoms with van der Waals surface area (Å²) in [6, 6.07) is 2.46. The SMILES string of the molecule is NC(=O)C(O)(C(=O)O)c1ccc(C(F)(F)F)cc1. The molecule has 5 nitrogen and oxygen atoms in total. The Morgan fingerprint density at radius 3 is 1.72 bits per heavy atom. The van der Waals surface area contributed by atoms with Gasteiger partial charge in [0.05, 0.1) is 5.56 Å². The fourth-order valence-electron chi connectivity index (χ4n) is 1.27. The number of carboxylic acids is 1. The van der Waals surface area contributed by atoms with Crippen molar-refractivity contribution in [1.29, 1.82) is 0 Å². The second kappa shape index (κ2) is 4.30. The number of halogens is 3. The van der Waals surface area contributed by atoms with Crippen molar-refractivity contribution in [2.24, 2.45) is 5.73 Å². The molecule has 0 fully saturated rings. The molecule has 98 valence electrons. The highest BCUT2D eigenvalue weighted by atomic mass is 19.4. The molecule has 0 aromatic heterocycles. The maximum atomic E-state index is 12.3. The highest BCUT2D eigenvalue weighted by molar-refractivity contribution is 6.05. The minimum atomic E-state index is -4.60. The summed E-state index contributed by atoms with van der Waals surface area (Å²) in [7, 11) is 0. The van der Waals surface area contributed by atoms with Gasteiger partial charge in [-0.15, -0.1) is 0 Å². The van der Waals surface area contributed by atoms with Gasteiger partial charge in [-0.2, -0.15) is 13.2 Å². The fourth-order valence-corrected chi connectivity index (χ4v) is 1.27. The Morgan fingerprint density at radius 2 is 1.44 bits per heavy atom. The fraction of sp³-hybridized carbons (Fsp3) is 0.200. The summed E-state index contributed by atoms with van der Waals surface area (Å²) in [6.07, 6.45) is -4.60. The van der Waals surface area contributed by atoms with E-state index in [4.69, 9.17) is 10.8 Å². The smallest absolute Gasteiger partial charge is 0.416 e. The molecule has 0 aliphatic heterocycles. The van der Waals surface area contributed by atoms with Crippen LogP contribution in [0.15, 0.2) is 24.3 Å². The van der Waals surface area contributed by atoms with Gasteiger partial charge in [-0.3, -0.25) is 4.79 Å². The van der Waals surface area contributed by atoms with E-state index < -0.39 is 34.8 Å². The lowest BCUT2D eigenvalue weighted by molar-refractivity contribution is -0.166. The van der Waals surface area contributed by atoms with E-state index in [1.165, 1.54) is 0 Å². The lowest BCUT2D eigenvalue weighted by Crippen LogP contribution is -2.47. The highest BCUT2D eigenvalue weighted by Gasteiger charge is 2.45. The number of nitrogens with two attached hydrogens (primary N) is 1. The predicted molar refractivity (Wildman–Crippen MR) is 52.2 cm³/mol. The van der Waals surface area contributed by atoms with Crippen LogP contribution in [-0.2, 0) is 21.4 Å². The summed E-state index contributed by atoms with van der Waals surface area (Å²) in [5, 5.41) is 18.3. The van der Waals surface area contributed by atoms with Crippen molar-refractivity contribution in [2.45, 2.75) is 11.8 Å². The molecule has 1 aromatic carbocycles. The summed E-state index contributed by atoms with van der Waals surface area (Å²) >= 11 is 0. The molecule has 18 heavy (non-hydrogen) atoms. The number of carboxylic acid groups (broad SMARTS) is 1. The van der Waals surface area contributed by atoms with Crippen LogP contribution in [0.5, 0.6) is 0 Å². The van der Waals surface area contributed by atoms with Crippen molar-refractivity contribution in [3.05, 3.63) is 35.4 Å². The minimum absolute atomic E-state index is 0.546. The Balaban J connectivity index is 3.26. The van der Waals surface area contributed by atoms with Gasteiger partial charge >= 0.3 is 12.1 Å². The summed E-state index contributed by atoms with van der Waals surface area (Å²) in [5.74, 6) is -3.55. The molecule has 1 unspecified atom stereocenters. The highest BCUT2D eigenvalue weighted by Crippen LogP contribution is 2.31. The average molecular weight is 263 g/mol. The van der Waals surface area contributed by atoms with Gasteiger partial charge < -0.3 is 15.9 Å². The van der Waals surface area contributed by atoms with E-state index in [0.29, 0.717) is 24.3 Å². The number of amides is 1. The van der Waals surface area contributed by atoms with Crippen LogP contribution in [0.2, 0.25) is 0 Å². The Hall–Kier alpha value is -2.09. The van der Waals surface area contributed by atoms with Crippen LogP contribution in [0.1, 0.15) is 11.1 Å². The topological polar surface area (TPSA) is 101 Å². The van der Waals surface area contributed by atoms with Gasteiger partial charge in [-0.05, 0) is 12.1 Å². The Labute approximate surface area is 98.6 Å². The Bertz CT molecular complexity index is 467. The van der Waals surface area contributed by atoms with Gasteiger partial charge in [0.2, 0.25) is 0 Å². The molecule has 0 radical (unpaired) electrons. The molecule has 8 heteroatoms. The van der Waals surface area contributed by atoms with Crippen molar-refractivity contribution in [3.8, 4) is 0 Å². The number of hydrogen-bond donors (Lipinski definition) is 3.